The first-order valence-electron chi connectivity index (χ1n) is 11.2. The number of likely N-dealkylation sites (tertiary alicyclic amines) is 1. The molecular weight excluding hydrogens is 418 g/mol. The maximum atomic E-state index is 13.0. The number of hydrogen-bond donors (Lipinski definition) is 0. The van der Waals surface area contributed by atoms with Gasteiger partial charge in [-0.1, -0.05) is 18.2 Å². The quantitative estimate of drug-likeness (QED) is 0.443. The molecule has 1 aromatic heterocycles. The van der Waals surface area contributed by atoms with Crippen molar-refractivity contribution in [1.82, 2.24) is 14.7 Å². The number of fused-ring (bicyclic) bond motifs is 1. The Hall–Kier alpha value is -3.87. The molecule has 0 saturated carbocycles. The van der Waals surface area contributed by atoms with Gasteiger partial charge in [0, 0.05) is 42.4 Å². The molecule has 0 N–H and O–H groups in total. The summed E-state index contributed by atoms with van der Waals surface area (Å²) in [7, 11) is 0. The Balaban J connectivity index is 1.16. The first-order valence-corrected chi connectivity index (χ1v) is 11.2. The van der Waals surface area contributed by atoms with Crippen LogP contribution in [-0.4, -0.2) is 52.7 Å². The highest BCUT2D eigenvalue weighted by molar-refractivity contribution is 5.99. The van der Waals surface area contributed by atoms with Crippen LogP contribution in [0.25, 0.3) is 11.8 Å². The van der Waals surface area contributed by atoms with Crippen LogP contribution < -0.4 is 9.47 Å². The minimum absolute atomic E-state index is 0.0484. The van der Waals surface area contributed by atoms with E-state index in [0.717, 1.165) is 11.3 Å². The average Bonchev–Trinajstić information content (AvgIpc) is 3.36. The van der Waals surface area contributed by atoms with E-state index in [-0.39, 0.29) is 17.6 Å². The van der Waals surface area contributed by atoms with Gasteiger partial charge in [0.25, 0.3) is 0 Å². The van der Waals surface area contributed by atoms with E-state index in [0.29, 0.717) is 56.2 Å². The van der Waals surface area contributed by atoms with Gasteiger partial charge >= 0.3 is 0 Å². The summed E-state index contributed by atoms with van der Waals surface area (Å²) < 4.78 is 12.9. The Labute approximate surface area is 192 Å². The van der Waals surface area contributed by atoms with Crippen molar-refractivity contribution in [2.75, 3.05) is 26.3 Å². The summed E-state index contributed by atoms with van der Waals surface area (Å²) in [5.41, 5.74) is 2.46. The number of para-hydroxylation sites is 1. The lowest BCUT2D eigenvalue weighted by molar-refractivity contribution is -0.127. The van der Waals surface area contributed by atoms with Crippen LogP contribution in [0.15, 0.2) is 67.0 Å². The molecule has 2 aromatic carbocycles. The topological polar surface area (TPSA) is 73.7 Å². The largest absolute Gasteiger partial charge is 0.486 e. The third-order valence-electron chi connectivity index (χ3n) is 6.05. The second-order valence-electron chi connectivity index (χ2n) is 8.21. The van der Waals surface area contributed by atoms with Crippen LogP contribution in [-0.2, 0) is 4.79 Å². The van der Waals surface area contributed by atoms with Crippen molar-refractivity contribution in [3.05, 3.63) is 78.1 Å². The minimum Gasteiger partial charge on any atom is -0.486 e. The van der Waals surface area contributed by atoms with E-state index >= 15 is 0 Å². The van der Waals surface area contributed by atoms with E-state index in [1.807, 2.05) is 36.5 Å². The molecule has 0 spiro atoms. The molecule has 0 atom stereocenters. The smallest absolute Gasteiger partial charge is 0.246 e. The molecule has 2 aliphatic rings. The zero-order valence-corrected chi connectivity index (χ0v) is 18.2. The van der Waals surface area contributed by atoms with Crippen LogP contribution in [0.2, 0.25) is 0 Å². The first-order chi connectivity index (χ1) is 16.2. The number of amides is 1. The van der Waals surface area contributed by atoms with Crippen LogP contribution in [0.5, 0.6) is 11.5 Å². The summed E-state index contributed by atoms with van der Waals surface area (Å²) >= 11 is 0. The Kier molecular flexibility index (Phi) is 5.93. The third kappa shape index (κ3) is 4.67. The van der Waals surface area contributed by atoms with E-state index < -0.39 is 0 Å². The minimum atomic E-state index is -0.0929. The molecule has 1 amide bonds. The van der Waals surface area contributed by atoms with E-state index in [1.165, 1.54) is 0 Å². The molecular formula is C26H25N3O4. The van der Waals surface area contributed by atoms with Gasteiger partial charge in [-0.15, -0.1) is 0 Å². The number of ether oxygens (including phenoxy) is 2. The predicted molar refractivity (Wildman–Crippen MR) is 124 cm³/mol. The van der Waals surface area contributed by atoms with Crippen LogP contribution in [0.3, 0.4) is 0 Å². The van der Waals surface area contributed by atoms with Crippen molar-refractivity contribution in [2.45, 2.75) is 12.8 Å². The lowest BCUT2D eigenvalue weighted by Crippen LogP contribution is -2.39. The number of piperidine rings is 1. The van der Waals surface area contributed by atoms with Gasteiger partial charge in [0.2, 0.25) is 5.91 Å². The number of carbonyl (C=O) groups is 2. The average molecular weight is 444 g/mol. The normalized spacial score (nSPS) is 16.2. The summed E-state index contributed by atoms with van der Waals surface area (Å²) in [5.74, 6) is 1.26. The number of rotatable bonds is 5. The van der Waals surface area contributed by atoms with Crippen molar-refractivity contribution in [2.24, 2.45) is 5.92 Å². The Bertz CT molecular complexity index is 1180. The van der Waals surface area contributed by atoms with Gasteiger partial charge in [-0.3, -0.25) is 9.59 Å². The molecule has 0 aliphatic carbocycles. The number of nitrogens with zero attached hydrogens (tertiary/aromatic N) is 3. The fourth-order valence-corrected chi connectivity index (χ4v) is 4.21. The zero-order valence-electron chi connectivity index (χ0n) is 18.2. The molecule has 7 nitrogen and oxygen atoms in total. The summed E-state index contributed by atoms with van der Waals surface area (Å²) in [5, 5.41) is 4.35. The fourth-order valence-electron chi connectivity index (χ4n) is 4.21. The highest BCUT2D eigenvalue weighted by Gasteiger charge is 2.28. The Morgan fingerprint density at radius 2 is 1.73 bits per heavy atom. The number of carbonyl (C=O) groups excluding carboxylic acids is 2. The summed E-state index contributed by atoms with van der Waals surface area (Å²) in [6, 6.07) is 15.2. The van der Waals surface area contributed by atoms with Crippen LogP contribution in [0.4, 0.5) is 0 Å². The summed E-state index contributed by atoms with van der Waals surface area (Å²) in [6.07, 6.45) is 8.28. The van der Waals surface area contributed by atoms with Crippen molar-refractivity contribution >= 4 is 17.8 Å². The van der Waals surface area contributed by atoms with Gasteiger partial charge in [0.15, 0.2) is 17.3 Å². The van der Waals surface area contributed by atoms with Crippen molar-refractivity contribution < 1.29 is 19.1 Å². The molecule has 168 valence electrons. The summed E-state index contributed by atoms with van der Waals surface area (Å²) in [4.78, 5) is 27.4. The van der Waals surface area contributed by atoms with Gasteiger partial charge in [0.05, 0.1) is 11.9 Å². The number of hydrogen-bond acceptors (Lipinski definition) is 5. The molecule has 1 saturated heterocycles. The highest BCUT2D eigenvalue weighted by Crippen LogP contribution is 2.32. The number of benzene rings is 2. The molecule has 2 aliphatic heterocycles. The Morgan fingerprint density at radius 1 is 0.970 bits per heavy atom. The third-order valence-corrected chi connectivity index (χ3v) is 6.05. The number of aromatic nitrogens is 2. The van der Waals surface area contributed by atoms with Crippen LogP contribution in [0, 0.1) is 5.92 Å². The first kappa shape index (κ1) is 21.0. The molecule has 5 rings (SSSR count). The lowest BCUT2D eigenvalue weighted by atomic mass is 9.88. The standard InChI is InChI=1S/C26H25N3O4/c30-25(9-6-19-17-27-29(18-19)22-4-2-1-3-5-22)28-12-10-20(11-13-28)26(31)21-7-8-23-24(16-21)33-15-14-32-23/h1-9,16-18,20H,10-15H2/b9-6+. The van der Waals surface area contributed by atoms with Crippen molar-refractivity contribution in [3.8, 4) is 17.2 Å². The maximum Gasteiger partial charge on any atom is 0.246 e. The zero-order chi connectivity index (χ0) is 22.6. The molecule has 33 heavy (non-hydrogen) atoms. The molecule has 3 aromatic rings. The fraction of sp³-hybridized carbons (Fsp3) is 0.269. The lowest BCUT2D eigenvalue weighted by Gasteiger charge is -2.30. The van der Waals surface area contributed by atoms with Crippen LogP contribution in [0.1, 0.15) is 28.8 Å². The van der Waals surface area contributed by atoms with Crippen LogP contribution >= 0.6 is 0 Å². The van der Waals surface area contributed by atoms with Gasteiger partial charge in [0.1, 0.15) is 13.2 Å². The highest BCUT2D eigenvalue weighted by atomic mass is 16.6. The number of Topliss-reactive ketones (excluding diaryl/α,β-unsaturated/α-hetero) is 1. The second-order valence-corrected chi connectivity index (χ2v) is 8.21. The van der Waals surface area contributed by atoms with E-state index in [9.17, 15) is 9.59 Å². The van der Waals surface area contributed by atoms with Crippen molar-refractivity contribution in [3.63, 3.8) is 0 Å². The summed E-state index contributed by atoms with van der Waals surface area (Å²) in [6.45, 7) is 2.14. The maximum absolute atomic E-state index is 13.0. The molecule has 3 heterocycles. The monoisotopic (exact) mass is 443 g/mol. The van der Waals surface area contributed by atoms with Gasteiger partial charge in [-0.25, -0.2) is 4.68 Å². The molecule has 0 bridgehead atoms. The Morgan fingerprint density at radius 3 is 2.52 bits per heavy atom. The second kappa shape index (κ2) is 9.32. The van der Waals surface area contributed by atoms with E-state index in [1.54, 1.807) is 46.1 Å². The van der Waals surface area contributed by atoms with E-state index in [4.69, 9.17) is 9.47 Å². The number of ketones is 1. The molecule has 0 unspecified atom stereocenters. The molecule has 7 heteroatoms. The molecule has 0 radical (unpaired) electrons. The van der Waals surface area contributed by atoms with E-state index in [2.05, 4.69) is 5.10 Å². The van der Waals surface area contributed by atoms with Crippen molar-refractivity contribution in [1.29, 1.82) is 0 Å². The molecule has 1 fully saturated rings. The van der Waals surface area contributed by atoms with Gasteiger partial charge < -0.3 is 14.4 Å². The van der Waals surface area contributed by atoms with Gasteiger partial charge in [-0.05, 0) is 49.2 Å². The SMILES string of the molecule is O=C(c1ccc2c(c1)OCCO2)C1CCN(C(=O)/C=C/c2cnn(-c3ccccc3)c2)CC1. The predicted octanol–water partition coefficient (Wildman–Crippen LogP) is 3.78. The van der Waals surface area contributed by atoms with Gasteiger partial charge in [-0.2, -0.15) is 5.10 Å².